The first-order chi connectivity index (χ1) is 7.52. The zero-order valence-electron chi connectivity index (χ0n) is 10.4. The van der Waals surface area contributed by atoms with Crippen molar-refractivity contribution >= 4 is 5.91 Å². The van der Waals surface area contributed by atoms with Crippen molar-refractivity contribution in [3.63, 3.8) is 0 Å². The summed E-state index contributed by atoms with van der Waals surface area (Å²) in [7, 11) is 1.74. The molecular formula is C11H23N3O2. The van der Waals surface area contributed by atoms with E-state index in [0.717, 1.165) is 26.2 Å². The van der Waals surface area contributed by atoms with Crippen molar-refractivity contribution < 1.29 is 9.90 Å². The fraction of sp³-hybridized carbons (Fsp3) is 0.909. The van der Waals surface area contributed by atoms with Crippen LogP contribution in [0.2, 0.25) is 0 Å². The van der Waals surface area contributed by atoms with Gasteiger partial charge >= 0.3 is 0 Å². The molecule has 0 saturated carbocycles. The number of carbonyl (C=O) groups is 1. The molecule has 0 aliphatic carbocycles. The van der Waals surface area contributed by atoms with E-state index in [9.17, 15) is 9.90 Å². The van der Waals surface area contributed by atoms with Crippen LogP contribution >= 0.6 is 0 Å². The SMILES string of the molecule is CC(O)CN(C)C(=O)C(C)N1CCNCC1. The van der Waals surface area contributed by atoms with E-state index >= 15 is 0 Å². The summed E-state index contributed by atoms with van der Waals surface area (Å²) in [5.41, 5.74) is 0. The lowest BCUT2D eigenvalue weighted by Gasteiger charge is -2.34. The van der Waals surface area contributed by atoms with Gasteiger partial charge in [-0.2, -0.15) is 0 Å². The Morgan fingerprint density at radius 3 is 2.50 bits per heavy atom. The van der Waals surface area contributed by atoms with Gasteiger partial charge in [0.05, 0.1) is 12.1 Å². The quantitative estimate of drug-likeness (QED) is 0.657. The number of rotatable bonds is 4. The third-order valence-corrected chi connectivity index (χ3v) is 2.97. The molecule has 5 heteroatoms. The second-order valence-electron chi connectivity index (χ2n) is 4.53. The molecule has 0 aromatic rings. The van der Waals surface area contributed by atoms with Crippen LogP contribution in [0.5, 0.6) is 0 Å². The van der Waals surface area contributed by atoms with Gasteiger partial charge in [-0.05, 0) is 13.8 Å². The molecule has 1 amide bonds. The van der Waals surface area contributed by atoms with Crippen LogP contribution in [0, 0.1) is 0 Å². The maximum atomic E-state index is 12.0. The van der Waals surface area contributed by atoms with Gasteiger partial charge in [-0.1, -0.05) is 0 Å². The van der Waals surface area contributed by atoms with Crippen molar-refractivity contribution in [2.24, 2.45) is 0 Å². The molecule has 94 valence electrons. The number of aliphatic hydroxyl groups excluding tert-OH is 1. The second-order valence-corrected chi connectivity index (χ2v) is 4.53. The summed E-state index contributed by atoms with van der Waals surface area (Å²) in [6.07, 6.45) is -0.468. The van der Waals surface area contributed by atoms with E-state index in [2.05, 4.69) is 10.2 Å². The number of nitrogens with one attached hydrogen (secondary N) is 1. The number of amides is 1. The minimum atomic E-state index is -0.468. The van der Waals surface area contributed by atoms with Crippen molar-refractivity contribution in [1.82, 2.24) is 15.1 Å². The molecule has 1 heterocycles. The predicted molar refractivity (Wildman–Crippen MR) is 63.2 cm³/mol. The molecule has 1 fully saturated rings. The van der Waals surface area contributed by atoms with Gasteiger partial charge in [-0.25, -0.2) is 0 Å². The van der Waals surface area contributed by atoms with E-state index in [1.807, 2.05) is 6.92 Å². The fourth-order valence-corrected chi connectivity index (χ4v) is 2.03. The highest BCUT2D eigenvalue weighted by Gasteiger charge is 2.25. The molecule has 1 saturated heterocycles. The number of aliphatic hydroxyl groups is 1. The average molecular weight is 229 g/mol. The van der Waals surface area contributed by atoms with Gasteiger partial charge in [-0.15, -0.1) is 0 Å². The van der Waals surface area contributed by atoms with Gasteiger partial charge in [0.1, 0.15) is 0 Å². The number of nitrogens with zero attached hydrogens (tertiary/aromatic N) is 2. The number of carbonyl (C=O) groups excluding carboxylic acids is 1. The van der Waals surface area contributed by atoms with E-state index < -0.39 is 6.10 Å². The Morgan fingerprint density at radius 2 is 2.00 bits per heavy atom. The normalized spacial score (nSPS) is 21.5. The van der Waals surface area contributed by atoms with Gasteiger partial charge in [0.25, 0.3) is 0 Å². The first-order valence-electron chi connectivity index (χ1n) is 5.90. The largest absolute Gasteiger partial charge is 0.392 e. The van der Waals surface area contributed by atoms with Crippen molar-refractivity contribution in [2.75, 3.05) is 39.8 Å². The summed E-state index contributed by atoms with van der Waals surface area (Å²) in [4.78, 5) is 15.8. The Hall–Kier alpha value is -0.650. The third kappa shape index (κ3) is 3.73. The summed E-state index contributed by atoms with van der Waals surface area (Å²) in [6, 6.07) is -0.0918. The molecule has 0 aromatic heterocycles. The molecule has 1 aliphatic heterocycles. The molecule has 0 aromatic carbocycles. The van der Waals surface area contributed by atoms with Gasteiger partial charge in [-0.3, -0.25) is 9.69 Å². The Kier molecular flexibility index (Phi) is 5.18. The molecule has 1 rings (SSSR count). The fourth-order valence-electron chi connectivity index (χ4n) is 2.03. The first kappa shape index (κ1) is 13.4. The van der Waals surface area contributed by atoms with Crippen LogP contribution in [-0.4, -0.2) is 72.7 Å². The Bertz CT molecular complexity index is 227. The average Bonchev–Trinajstić information content (AvgIpc) is 2.27. The summed E-state index contributed by atoms with van der Waals surface area (Å²) in [5, 5.41) is 12.5. The molecule has 2 N–H and O–H groups in total. The lowest BCUT2D eigenvalue weighted by atomic mass is 10.2. The van der Waals surface area contributed by atoms with Crippen LogP contribution in [0.15, 0.2) is 0 Å². The highest BCUT2D eigenvalue weighted by molar-refractivity contribution is 5.81. The van der Waals surface area contributed by atoms with Crippen LogP contribution in [0.3, 0.4) is 0 Å². The van der Waals surface area contributed by atoms with Crippen LogP contribution in [0.25, 0.3) is 0 Å². The Morgan fingerprint density at radius 1 is 1.44 bits per heavy atom. The standard InChI is InChI=1S/C11H23N3O2/c1-9(15)8-13(3)11(16)10(2)14-6-4-12-5-7-14/h9-10,12,15H,4-8H2,1-3H3. The number of hydrogen-bond donors (Lipinski definition) is 2. The van der Waals surface area contributed by atoms with Crippen molar-refractivity contribution in [3.8, 4) is 0 Å². The van der Waals surface area contributed by atoms with E-state index in [1.165, 1.54) is 0 Å². The second kappa shape index (κ2) is 6.18. The first-order valence-corrected chi connectivity index (χ1v) is 5.90. The minimum absolute atomic E-state index is 0.0859. The third-order valence-electron chi connectivity index (χ3n) is 2.97. The maximum Gasteiger partial charge on any atom is 0.239 e. The van der Waals surface area contributed by atoms with E-state index in [0.29, 0.717) is 6.54 Å². The molecule has 2 atom stereocenters. The van der Waals surface area contributed by atoms with Gasteiger partial charge in [0, 0.05) is 39.8 Å². The summed E-state index contributed by atoms with van der Waals surface area (Å²) in [6.45, 7) is 7.74. The monoisotopic (exact) mass is 229 g/mol. The molecule has 1 aliphatic rings. The topological polar surface area (TPSA) is 55.8 Å². The zero-order valence-corrected chi connectivity index (χ0v) is 10.4. The number of hydrogen-bond acceptors (Lipinski definition) is 4. The zero-order chi connectivity index (χ0) is 12.1. The highest BCUT2D eigenvalue weighted by Crippen LogP contribution is 2.04. The lowest BCUT2D eigenvalue weighted by Crippen LogP contribution is -2.53. The van der Waals surface area contributed by atoms with Gasteiger partial charge in [0.15, 0.2) is 0 Å². The van der Waals surface area contributed by atoms with Crippen LogP contribution < -0.4 is 5.32 Å². The molecule has 0 bridgehead atoms. The maximum absolute atomic E-state index is 12.0. The molecule has 5 nitrogen and oxygen atoms in total. The van der Waals surface area contributed by atoms with Crippen molar-refractivity contribution in [3.05, 3.63) is 0 Å². The molecular weight excluding hydrogens is 206 g/mol. The molecule has 2 unspecified atom stereocenters. The molecule has 0 radical (unpaired) electrons. The Balaban J connectivity index is 2.45. The van der Waals surface area contributed by atoms with E-state index in [-0.39, 0.29) is 11.9 Å². The minimum Gasteiger partial charge on any atom is -0.392 e. The van der Waals surface area contributed by atoms with E-state index in [4.69, 9.17) is 0 Å². The van der Waals surface area contributed by atoms with E-state index in [1.54, 1.807) is 18.9 Å². The number of likely N-dealkylation sites (N-methyl/N-ethyl adjacent to an activating group) is 1. The van der Waals surface area contributed by atoms with Gasteiger partial charge < -0.3 is 15.3 Å². The molecule has 0 spiro atoms. The predicted octanol–water partition coefficient (Wildman–Crippen LogP) is -0.881. The van der Waals surface area contributed by atoms with Gasteiger partial charge in [0.2, 0.25) is 5.91 Å². The van der Waals surface area contributed by atoms with Crippen LogP contribution in [0.1, 0.15) is 13.8 Å². The highest BCUT2D eigenvalue weighted by atomic mass is 16.3. The van der Waals surface area contributed by atoms with Crippen LogP contribution in [0.4, 0.5) is 0 Å². The lowest BCUT2D eigenvalue weighted by molar-refractivity contribution is -0.136. The van der Waals surface area contributed by atoms with Crippen molar-refractivity contribution in [2.45, 2.75) is 26.0 Å². The summed E-state index contributed by atoms with van der Waals surface area (Å²) >= 11 is 0. The Labute approximate surface area is 97.4 Å². The van der Waals surface area contributed by atoms with Crippen molar-refractivity contribution in [1.29, 1.82) is 0 Å². The van der Waals surface area contributed by atoms with Crippen LogP contribution in [-0.2, 0) is 4.79 Å². The summed E-state index contributed by atoms with van der Waals surface area (Å²) < 4.78 is 0. The number of piperazine rings is 1. The smallest absolute Gasteiger partial charge is 0.239 e. The molecule has 16 heavy (non-hydrogen) atoms. The summed E-state index contributed by atoms with van der Waals surface area (Å²) in [5.74, 6) is 0.0859.